The van der Waals surface area contributed by atoms with Gasteiger partial charge in [-0.25, -0.2) is 0 Å². The maximum absolute atomic E-state index is 12.0. The first-order valence-corrected chi connectivity index (χ1v) is 6.59. The van der Waals surface area contributed by atoms with E-state index in [0.717, 1.165) is 0 Å². The van der Waals surface area contributed by atoms with E-state index in [4.69, 9.17) is 0 Å². The van der Waals surface area contributed by atoms with E-state index in [2.05, 4.69) is 15.5 Å². The highest BCUT2D eigenvalue weighted by Gasteiger charge is 2.47. The van der Waals surface area contributed by atoms with Gasteiger partial charge in [-0.15, -0.1) is 0 Å². The van der Waals surface area contributed by atoms with E-state index in [1.165, 1.54) is 0 Å². The second-order valence-electron chi connectivity index (χ2n) is 5.91. The van der Waals surface area contributed by atoms with Gasteiger partial charge >= 0.3 is 0 Å². The predicted molar refractivity (Wildman–Crippen MR) is 77.0 cm³/mol. The molecule has 4 N–H and O–H groups in total. The number of rotatable bonds is 2. The Morgan fingerprint density at radius 2 is 1.95 bits per heavy atom. The largest absolute Gasteiger partial charge is 0.392 e. The number of aliphatic hydroxyl groups excluding tert-OH is 1. The third-order valence-electron chi connectivity index (χ3n) is 4.37. The van der Waals surface area contributed by atoms with Crippen LogP contribution < -0.4 is 16.4 Å². The van der Waals surface area contributed by atoms with Crippen LogP contribution in [0, 0.1) is 5.41 Å². The van der Waals surface area contributed by atoms with Crippen LogP contribution in [0.2, 0.25) is 0 Å². The molecule has 0 saturated heterocycles. The van der Waals surface area contributed by atoms with Crippen molar-refractivity contribution in [3.05, 3.63) is 38.9 Å². The lowest BCUT2D eigenvalue weighted by molar-refractivity contribution is -0.0510. The number of hydrogen-bond donors (Lipinski definition) is 4. The first kappa shape index (κ1) is 12.9. The lowest BCUT2D eigenvalue weighted by atomic mass is 9.64. The Morgan fingerprint density at radius 1 is 1.25 bits per heavy atom. The van der Waals surface area contributed by atoms with Gasteiger partial charge in [-0.3, -0.25) is 19.8 Å². The second kappa shape index (κ2) is 4.21. The van der Waals surface area contributed by atoms with E-state index in [0.29, 0.717) is 22.9 Å². The zero-order valence-corrected chi connectivity index (χ0v) is 11.4. The number of aliphatic hydroxyl groups is 1. The van der Waals surface area contributed by atoms with Gasteiger partial charge in [0.05, 0.1) is 16.9 Å². The maximum atomic E-state index is 12.0. The van der Waals surface area contributed by atoms with Crippen LogP contribution in [0.1, 0.15) is 20.3 Å². The molecule has 0 radical (unpaired) electrons. The molecule has 2 aromatic rings. The number of fused-ring (bicyclic) bond motifs is 1. The summed E-state index contributed by atoms with van der Waals surface area (Å²) in [6.07, 6.45) is 0.279. The van der Waals surface area contributed by atoms with Crippen molar-refractivity contribution in [3.8, 4) is 0 Å². The molecule has 6 heteroatoms. The summed E-state index contributed by atoms with van der Waals surface area (Å²) in [4.78, 5) is 23.7. The number of aromatic nitrogens is 2. The summed E-state index contributed by atoms with van der Waals surface area (Å²) < 4.78 is 0. The van der Waals surface area contributed by atoms with Crippen LogP contribution in [0.4, 0.5) is 5.69 Å². The summed E-state index contributed by atoms with van der Waals surface area (Å²) in [7, 11) is 0. The SMILES string of the molecule is CC1(C)C(O)CC1Nc1cccc2c(=O)[nH][nH]c(=O)c12. The number of anilines is 1. The summed E-state index contributed by atoms with van der Waals surface area (Å²) in [6, 6.07) is 5.20. The highest BCUT2D eigenvalue weighted by molar-refractivity contribution is 5.92. The molecule has 3 rings (SSSR count). The molecular formula is C14H17N3O3. The third-order valence-corrected chi connectivity index (χ3v) is 4.37. The third kappa shape index (κ3) is 1.76. The van der Waals surface area contributed by atoms with Crippen molar-refractivity contribution in [2.24, 2.45) is 5.41 Å². The van der Waals surface area contributed by atoms with Gasteiger partial charge in [0.2, 0.25) is 0 Å². The normalized spacial score (nSPS) is 24.4. The topological polar surface area (TPSA) is 98.0 Å². The first-order valence-electron chi connectivity index (χ1n) is 6.59. The molecular weight excluding hydrogens is 258 g/mol. The zero-order chi connectivity index (χ0) is 14.5. The highest BCUT2D eigenvalue weighted by atomic mass is 16.3. The highest BCUT2D eigenvalue weighted by Crippen LogP contribution is 2.42. The van der Waals surface area contributed by atoms with Crippen molar-refractivity contribution in [1.29, 1.82) is 0 Å². The van der Waals surface area contributed by atoms with Crippen molar-refractivity contribution < 1.29 is 5.11 Å². The number of benzene rings is 1. The van der Waals surface area contributed by atoms with Gasteiger partial charge in [0, 0.05) is 17.1 Å². The van der Waals surface area contributed by atoms with Crippen LogP contribution >= 0.6 is 0 Å². The molecule has 2 unspecified atom stereocenters. The Balaban J connectivity index is 2.08. The van der Waals surface area contributed by atoms with Gasteiger partial charge in [-0.2, -0.15) is 0 Å². The molecule has 20 heavy (non-hydrogen) atoms. The van der Waals surface area contributed by atoms with E-state index in [1.807, 2.05) is 13.8 Å². The minimum absolute atomic E-state index is 0.0711. The molecule has 6 nitrogen and oxygen atoms in total. The van der Waals surface area contributed by atoms with Gasteiger partial charge in [-0.05, 0) is 18.6 Å². The average molecular weight is 275 g/mol. The second-order valence-corrected chi connectivity index (χ2v) is 5.91. The molecule has 1 aromatic heterocycles. The standard InChI is InChI=1S/C14H17N3O3/c1-14(2)9(6-10(14)18)15-8-5-3-4-7-11(8)13(20)17-16-12(7)19/h3-5,9-10,15,18H,6H2,1-2H3,(H,16,19)(H,17,20). The monoisotopic (exact) mass is 275 g/mol. The Kier molecular flexibility index (Phi) is 2.72. The van der Waals surface area contributed by atoms with Crippen LogP contribution in [0.5, 0.6) is 0 Å². The van der Waals surface area contributed by atoms with E-state index >= 15 is 0 Å². The zero-order valence-electron chi connectivity index (χ0n) is 11.4. The summed E-state index contributed by atoms with van der Waals surface area (Å²) in [6.45, 7) is 3.95. The minimum atomic E-state index is -0.350. The van der Waals surface area contributed by atoms with Gasteiger partial charge in [-0.1, -0.05) is 19.9 Å². The van der Waals surface area contributed by atoms with Crippen LogP contribution in [-0.2, 0) is 0 Å². The molecule has 1 aromatic carbocycles. The lowest BCUT2D eigenvalue weighted by Gasteiger charge is -2.49. The molecule has 1 aliphatic rings. The van der Waals surface area contributed by atoms with Gasteiger partial charge in [0.15, 0.2) is 0 Å². The summed E-state index contributed by atoms with van der Waals surface area (Å²) in [5, 5.41) is 18.4. The fraction of sp³-hybridized carbons (Fsp3) is 0.429. The predicted octanol–water partition coefficient (Wildman–Crippen LogP) is 0.788. The van der Waals surface area contributed by atoms with Crippen molar-refractivity contribution >= 4 is 16.5 Å². The first-order chi connectivity index (χ1) is 9.41. The molecule has 2 atom stereocenters. The van der Waals surface area contributed by atoms with Crippen molar-refractivity contribution in [1.82, 2.24) is 10.2 Å². The molecule has 1 aliphatic carbocycles. The Labute approximate surface area is 114 Å². The van der Waals surface area contributed by atoms with Crippen molar-refractivity contribution in [2.75, 3.05) is 5.32 Å². The molecule has 1 saturated carbocycles. The molecule has 0 spiro atoms. The minimum Gasteiger partial charge on any atom is -0.392 e. The fourth-order valence-electron chi connectivity index (χ4n) is 2.68. The molecule has 1 heterocycles. The molecule has 106 valence electrons. The van der Waals surface area contributed by atoms with Crippen LogP contribution in [0.25, 0.3) is 10.8 Å². The fourth-order valence-corrected chi connectivity index (χ4v) is 2.68. The van der Waals surface area contributed by atoms with E-state index in [9.17, 15) is 14.7 Å². The van der Waals surface area contributed by atoms with Crippen LogP contribution in [0.15, 0.2) is 27.8 Å². The number of hydrogen-bond acceptors (Lipinski definition) is 4. The molecule has 0 amide bonds. The smallest absolute Gasteiger partial charge is 0.272 e. The maximum Gasteiger partial charge on any atom is 0.272 e. The lowest BCUT2D eigenvalue weighted by Crippen LogP contribution is -2.57. The van der Waals surface area contributed by atoms with Crippen LogP contribution in [0.3, 0.4) is 0 Å². The van der Waals surface area contributed by atoms with Gasteiger partial charge < -0.3 is 10.4 Å². The summed E-state index contributed by atoms with van der Waals surface area (Å²) >= 11 is 0. The Hall–Kier alpha value is -2.08. The van der Waals surface area contributed by atoms with Crippen molar-refractivity contribution in [2.45, 2.75) is 32.4 Å². The quantitative estimate of drug-likeness (QED) is 0.651. The van der Waals surface area contributed by atoms with E-state index in [-0.39, 0.29) is 28.7 Å². The molecule has 0 aliphatic heterocycles. The van der Waals surface area contributed by atoms with Gasteiger partial charge in [0.1, 0.15) is 0 Å². The summed E-state index contributed by atoms with van der Waals surface area (Å²) in [5.41, 5.74) is -0.285. The van der Waals surface area contributed by atoms with E-state index in [1.54, 1.807) is 18.2 Å². The number of H-pyrrole nitrogens is 2. The summed E-state index contributed by atoms with van der Waals surface area (Å²) in [5.74, 6) is 0. The van der Waals surface area contributed by atoms with Crippen molar-refractivity contribution in [3.63, 3.8) is 0 Å². The molecule has 0 bridgehead atoms. The van der Waals surface area contributed by atoms with E-state index < -0.39 is 0 Å². The molecule has 1 fully saturated rings. The Morgan fingerprint density at radius 3 is 2.60 bits per heavy atom. The number of aromatic amines is 2. The number of nitrogens with one attached hydrogen (secondary N) is 3. The van der Waals surface area contributed by atoms with Gasteiger partial charge in [0.25, 0.3) is 11.1 Å². The average Bonchev–Trinajstić information content (AvgIpc) is 2.43. The Bertz CT molecular complexity index is 775. The van der Waals surface area contributed by atoms with Crippen LogP contribution in [-0.4, -0.2) is 27.4 Å².